The largest absolute Gasteiger partial charge is 0.496 e. The van der Waals surface area contributed by atoms with Gasteiger partial charge < -0.3 is 25.8 Å². The van der Waals surface area contributed by atoms with Gasteiger partial charge in [0.1, 0.15) is 5.75 Å². The molecule has 10 nitrogen and oxygen atoms in total. The van der Waals surface area contributed by atoms with E-state index in [0.717, 1.165) is 0 Å². The minimum absolute atomic E-state index is 0.0479. The first-order valence-electron chi connectivity index (χ1n) is 9.61. The van der Waals surface area contributed by atoms with Crippen LogP contribution in [-0.2, 0) is 9.53 Å². The van der Waals surface area contributed by atoms with E-state index in [9.17, 15) is 14.4 Å². The van der Waals surface area contributed by atoms with Crippen molar-refractivity contribution in [2.75, 3.05) is 52.7 Å². The van der Waals surface area contributed by atoms with Gasteiger partial charge in [0.25, 0.3) is 5.91 Å². The molecule has 164 valence electrons. The predicted molar refractivity (Wildman–Crippen MR) is 111 cm³/mol. The number of piperidine rings is 1. The molecule has 4 amide bonds. The van der Waals surface area contributed by atoms with Gasteiger partial charge >= 0.3 is 6.03 Å². The number of halogens is 1. The molecular formula is C19H26ClN5O5. The highest BCUT2D eigenvalue weighted by atomic mass is 35.5. The van der Waals surface area contributed by atoms with E-state index in [1.54, 1.807) is 7.11 Å². The molecule has 1 aromatic carbocycles. The SMILES string of the molecule is COc1cc(N)c(Cl)cc1C(=O)NC1CCN(CCN2C(=O)CNC2=O)CC1OC. The third-order valence-electron chi connectivity index (χ3n) is 5.40. The number of carbonyl (C=O) groups is 3. The number of benzene rings is 1. The van der Waals surface area contributed by atoms with Gasteiger partial charge in [-0.05, 0) is 12.5 Å². The number of nitrogens with two attached hydrogens (primary N) is 1. The predicted octanol–water partition coefficient (Wildman–Crippen LogP) is 0.302. The molecule has 11 heteroatoms. The highest BCUT2D eigenvalue weighted by Crippen LogP contribution is 2.29. The fourth-order valence-electron chi connectivity index (χ4n) is 3.67. The molecule has 2 unspecified atom stereocenters. The van der Waals surface area contributed by atoms with Crippen molar-refractivity contribution >= 4 is 35.1 Å². The Hall–Kier alpha value is -2.56. The normalized spacial score (nSPS) is 22.2. The maximum Gasteiger partial charge on any atom is 0.324 e. The highest BCUT2D eigenvalue weighted by molar-refractivity contribution is 6.33. The lowest BCUT2D eigenvalue weighted by molar-refractivity contribution is -0.125. The van der Waals surface area contributed by atoms with E-state index in [0.29, 0.717) is 49.6 Å². The molecule has 3 rings (SSSR count). The molecule has 0 aromatic heterocycles. The summed E-state index contributed by atoms with van der Waals surface area (Å²) in [5, 5.41) is 5.78. The topological polar surface area (TPSA) is 126 Å². The number of nitrogens with one attached hydrogen (secondary N) is 2. The standard InChI is InChI=1S/C19H26ClN5O5/c1-29-15-8-13(21)12(20)7-11(15)18(27)23-14-3-4-24(10-16(14)30-2)5-6-25-17(26)9-22-19(25)28/h7-8,14,16H,3-6,9-10,21H2,1-2H3,(H,22,28)(H,23,27). The van der Waals surface area contributed by atoms with Crippen LogP contribution < -0.4 is 21.1 Å². The van der Waals surface area contributed by atoms with Crippen molar-refractivity contribution in [3.8, 4) is 5.75 Å². The molecule has 0 bridgehead atoms. The Morgan fingerprint density at radius 3 is 2.73 bits per heavy atom. The second-order valence-corrected chi connectivity index (χ2v) is 7.63. The molecule has 0 spiro atoms. The van der Waals surface area contributed by atoms with Gasteiger partial charge in [0.05, 0.1) is 42.1 Å². The monoisotopic (exact) mass is 439 g/mol. The first-order chi connectivity index (χ1) is 14.3. The summed E-state index contributed by atoms with van der Waals surface area (Å²) in [6.07, 6.45) is 0.399. The number of carbonyl (C=O) groups excluding carboxylic acids is 3. The van der Waals surface area contributed by atoms with Crippen LogP contribution in [0.4, 0.5) is 10.5 Å². The van der Waals surface area contributed by atoms with Crippen LogP contribution in [0.15, 0.2) is 12.1 Å². The number of nitrogens with zero attached hydrogens (tertiary/aromatic N) is 2. The smallest absolute Gasteiger partial charge is 0.324 e. The molecule has 2 saturated heterocycles. The van der Waals surface area contributed by atoms with E-state index in [1.807, 2.05) is 0 Å². The lowest BCUT2D eigenvalue weighted by Gasteiger charge is -2.38. The Morgan fingerprint density at radius 2 is 2.10 bits per heavy atom. The quantitative estimate of drug-likeness (QED) is 0.412. The van der Waals surface area contributed by atoms with Crippen LogP contribution in [0.2, 0.25) is 5.02 Å². The van der Waals surface area contributed by atoms with Crippen LogP contribution in [0.1, 0.15) is 16.8 Å². The van der Waals surface area contributed by atoms with E-state index in [2.05, 4.69) is 15.5 Å². The minimum atomic E-state index is -0.360. The number of ether oxygens (including phenoxy) is 2. The molecule has 4 N–H and O–H groups in total. The number of nitrogen functional groups attached to an aromatic ring is 1. The summed E-state index contributed by atoms with van der Waals surface area (Å²) >= 11 is 6.07. The van der Waals surface area contributed by atoms with Gasteiger partial charge in [-0.25, -0.2) is 4.79 Å². The molecule has 1 aromatic rings. The van der Waals surface area contributed by atoms with Crippen LogP contribution in [0, 0.1) is 0 Å². The summed E-state index contributed by atoms with van der Waals surface area (Å²) in [6.45, 7) is 2.16. The maximum absolute atomic E-state index is 12.8. The van der Waals surface area contributed by atoms with Crippen molar-refractivity contribution in [1.82, 2.24) is 20.4 Å². The molecule has 0 aliphatic carbocycles. The number of hydrogen-bond donors (Lipinski definition) is 3. The number of urea groups is 1. The first kappa shape index (κ1) is 22.1. The van der Waals surface area contributed by atoms with Gasteiger partial charge in [0, 0.05) is 39.4 Å². The fraction of sp³-hybridized carbons (Fsp3) is 0.526. The highest BCUT2D eigenvalue weighted by Gasteiger charge is 2.33. The van der Waals surface area contributed by atoms with Gasteiger partial charge in [-0.15, -0.1) is 0 Å². The summed E-state index contributed by atoms with van der Waals surface area (Å²) in [5.41, 5.74) is 6.41. The van der Waals surface area contributed by atoms with E-state index in [4.69, 9.17) is 26.8 Å². The van der Waals surface area contributed by atoms with Crippen LogP contribution in [-0.4, -0.2) is 86.7 Å². The van der Waals surface area contributed by atoms with E-state index >= 15 is 0 Å². The number of hydrogen-bond acceptors (Lipinski definition) is 7. The van der Waals surface area contributed by atoms with Crippen molar-refractivity contribution in [3.63, 3.8) is 0 Å². The Labute approximate surface area is 179 Å². The molecule has 0 radical (unpaired) electrons. The summed E-state index contributed by atoms with van der Waals surface area (Å²) < 4.78 is 10.8. The van der Waals surface area contributed by atoms with Gasteiger partial charge in [0.2, 0.25) is 5.91 Å². The summed E-state index contributed by atoms with van der Waals surface area (Å²) in [5.74, 6) is -0.204. The summed E-state index contributed by atoms with van der Waals surface area (Å²) in [7, 11) is 3.05. The molecule has 2 fully saturated rings. The van der Waals surface area contributed by atoms with Gasteiger partial charge in [-0.3, -0.25) is 19.4 Å². The van der Waals surface area contributed by atoms with Crippen LogP contribution in [0.5, 0.6) is 5.75 Å². The number of anilines is 1. The number of likely N-dealkylation sites (tertiary alicyclic amines) is 1. The van der Waals surface area contributed by atoms with Crippen molar-refractivity contribution in [3.05, 3.63) is 22.7 Å². The van der Waals surface area contributed by atoms with Crippen molar-refractivity contribution < 1.29 is 23.9 Å². The second-order valence-electron chi connectivity index (χ2n) is 7.22. The molecule has 0 saturated carbocycles. The minimum Gasteiger partial charge on any atom is -0.496 e. The van der Waals surface area contributed by atoms with Gasteiger partial charge in [-0.2, -0.15) is 0 Å². The Kier molecular flexibility index (Phi) is 7.01. The lowest BCUT2D eigenvalue weighted by Crippen LogP contribution is -2.55. The number of amides is 4. The Balaban J connectivity index is 1.59. The average Bonchev–Trinajstić information content (AvgIpc) is 3.06. The van der Waals surface area contributed by atoms with Crippen molar-refractivity contribution in [1.29, 1.82) is 0 Å². The average molecular weight is 440 g/mol. The third-order valence-corrected chi connectivity index (χ3v) is 5.73. The number of imide groups is 1. The molecule has 2 aliphatic heterocycles. The zero-order chi connectivity index (χ0) is 21.8. The summed E-state index contributed by atoms with van der Waals surface area (Å²) in [6, 6.07) is 2.43. The van der Waals surface area contributed by atoms with E-state index in [-0.39, 0.29) is 41.6 Å². The molecular weight excluding hydrogens is 414 g/mol. The zero-order valence-corrected chi connectivity index (χ0v) is 17.7. The lowest BCUT2D eigenvalue weighted by atomic mass is 10.0. The third kappa shape index (κ3) is 4.77. The number of rotatable bonds is 7. The summed E-state index contributed by atoms with van der Waals surface area (Å²) in [4.78, 5) is 39.5. The maximum atomic E-state index is 12.8. The van der Waals surface area contributed by atoms with Gasteiger partial charge in [0.15, 0.2) is 0 Å². The van der Waals surface area contributed by atoms with Crippen LogP contribution >= 0.6 is 11.6 Å². The van der Waals surface area contributed by atoms with Crippen molar-refractivity contribution in [2.45, 2.75) is 18.6 Å². The molecule has 30 heavy (non-hydrogen) atoms. The Morgan fingerprint density at radius 1 is 1.33 bits per heavy atom. The Bertz CT molecular complexity index is 820. The molecule has 2 atom stereocenters. The van der Waals surface area contributed by atoms with Crippen LogP contribution in [0.25, 0.3) is 0 Å². The first-order valence-corrected chi connectivity index (χ1v) is 9.99. The molecule has 2 heterocycles. The molecule has 2 aliphatic rings. The zero-order valence-electron chi connectivity index (χ0n) is 16.9. The number of methoxy groups -OCH3 is 2. The van der Waals surface area contributed by atoms with Crippen LogP contribution in [0.3, 0.4) is 0 Å². The van der Waals surface area contributed by atoms with E-state index < -0.39 is 0 Å². The van der Waals surface area contributed by atoms with Crippen molar-refractivity contribution in [2.24, 2.45) is 0 Å². The van der Waals surface area contributed by atoms with Gasteiger partial charge in [-0.1, -0.05) is 11.6 Å². The second kappa shape index (κ2) is 9.50. The van der Waals surface area contributed by atoms with E-state index in [1.165, 1.54) is 24.1 Å². The fourth-order valence-corrected chi connectivity index (χ4v) is 3.84.